The van der Waals surface area contributed by atoms with E-state index < -0.39 is 6.03 Å². The van der Waals surface area contributed by atoms with Gasteiger partial charge in [0.15, 0.2) is 5.82 Å². The Morgan fingerprint density at radius 1 is 0.931 bits per heavy atom. The number of hydrogen-bond acceptors (Lipinski definition) is 5. The summed E-state index contributed by atoms with van der Waals surface area (Å²) in [5, 5.41) is 12.0. The van der Waals surface area contributed by atoms with Crippen molar-refractivity contribution in [3.05, 3.63) is 65.7 Å². The number of pyridine rings is 1. The van der Waals surface area contributed by atoms with Gasteiger partial charge in [-0.25, -0.2) is 4.79 Å². The van der Waals surface area contributed by atoms with Crippen LogP contribution < -0.4 is 16.0 Å². The summed E-state index contributed by atoms with van der Waals surface area (Å²) >= 11 is 0. The molecule has 0 unspecified atom stereocenters. The summed E-state index contributed by atoms with van der Waals surface area (Å²) in [4.78, 5) is 28.5. The fourth-order valence-electron chi connectivity index (χ4n) is 2.41. The normalized spacial score (nSPS) is 11.0. The summed E-state index contributed by atoms with van der Waals surface area (Å²) in [5.41, 5.74) is 2.29. The van der Waals surface area contributed by atoms with E-state index in [1.165, 1.54) is 6.20 Å². The topological polar surface area (TPSA) is 109 Å². The fourth-order valence-corrected chi connectivity index (χ4v) is 2.41. The number of carbonyl (C=O) groups excluding carboxylic acids is 2. The number of benzene rings is 1. The number of anilines is 3. The third-order valence-electron chi connectivity index (χ3n) is 4.07. The van der Waals surface area contributed by atoms with Gasteiger partial charge in [-0.05, 0) is 43.3 Å². The molecule has 2 aromatic heterocycles. The lowest BCUT2D eigenvalue weighted by Crippen LogP contribution is -2.19. The number of hydrogen-bond donors (Lipinski definition) is 3. The quantitative estimate of drug-likeness (QED) is 0.601. The van der Waals surface area contributed by atoms with E-state index in [9.17, 15) is 9.59 Å². The van der Waals surface area contributed by atoms with Gasteiger partial charge in [-0.3, -0.25) is 15.1 Å². The standard InChI is InChI=1S/C21H23N5O3/c1-13-5-6-14(12-22-13)19(27)23-15-7-9-16(10-8-15)24-20(28)25-18-11-17(29-26-18)21(2,3)4/h5-12H,1-4H3,(H,23,27)(H2,24,25,26,28). The number of rotatable bonds is 4. The van der Waals surface area contributed by atoms with Crippen LogP contribution in [0, 0.1) is 6.92 Å². The van der Waals surface area contributed by atoms with Gasteiger partial charge >= 0.3 is 6.03 Å². The largest absolute Gasteiger partial charge is 0.359 e. The van der Waals surface area contributed by atoms with E-state index in [1.54, 1.807) is 42.5 Å². The Labute approximate surface area is 168 Å². The van der Waals surface area contributed by atoms with Crippen molar-refractivity contribution < 1.29 is 14.1 Å². The van der Waals surface area contributed by atoms with E-state index >= 15 is 0 Å². The lowest BCUT2D eigenvalue weighted by molar-refractivity contribution is 0.102. The molecule has 8 heteroatoms. The molecule has 0 atom stereocenters. The van der Waals surface area contributed by atoms with E-state index in [4.69, 9.17) is 4.52 Å². The molecular formula is C21H23N5O3. The van der Waals surface area contributed by atoms with Gasteiger partial charge in [0, 0.05) is 34.7 Å². The Morgan fingerprint density at radius 3 is 2.14 bits per heavy atom. The monoisotopic (exact) mass is 393 g/mol. The second kappa shape index (κ2) is 8.14. The number of carbonyl (C=O) groups is 2. The molecule has 0 aliphatic carbocycles. The van der Waals surface area contributed by atoms with Crippen molar-refractivity contribution in [1.29, 1.82) is 0 Å². The Balaban J connectivity index is 1.56. The first kappa shape index (κ1) is 20.1. The predicted molar refractivity (Wildman–Crippen MR) is 111 cm³/mol. The lowest BCUT2D eigenvalue weighted by atomic mass is 9.93. The molecule has 3 N–H and O–H groups in total. The Hall–Kier alpha value is -3.68. The molecule has 0 bridgehead atoms. The summed E-state index contributed by atoms with van der Waals surface area (Å²) < 4.78 is 5.24. The van der Waals surface area contributed by atoms with Crippen molar-refractivity contribution in [3.8, 4) is 0 Å². The third kappa shape index (κ3) is 5.41. The zero-order valence-electron chi connectivity index (χ0n) is 16.7. The van der Waals surface area contributed by atoms with Crippen molar-refractivity contribution in [2.24, 2.45) is 0 Å². The average molecular weight is 393 g/mol. The summed E-state index contributed by atoms with van der Waals surface area (Å²) in [6, 6.07) is 11.5. The van der Waals surface area contributed by atoms with Gasteiger partial charge in [-0.1, -0.05) is 25.9 Å². The Bertz CT molecular complexity index is 1000. The summed E-state index contributed by atoms with van der Waals surface area (Å²) in [5.74, 6) is 0.760. The highest BCUT2D eigenvalue weighted by Crippen LogP contribution is 2.24. The zero-order valence-corrected chi connectivity index (χ0v) is 16.7. The highest BCUT2D eigenvalue weighted by molar-refractivity contribution is 6.04. The van der Waals surface area contributed by atoms with E-state index in [0.717, 1.165) is 5.69 Å². The molecular weight excluding hydrogens is 370 g/mol. The molecule has 0 fully saturated rings. The number of aryl methyl sites for hydroxylation is 1. The van der Waals surface area contributed by atoms with Crippen LogP contribution in [0.3, 0.4) is 0 Å². The predicted octanol–water partition coefficient (Wildman–Crippen LogP) is 4.57. The van der Waals surface area contributed by atoms with Crippen LogP contribution >= 0.6 is 0 Å². The molecule has 3 amide bonds. The van der Waals surface area contributed by atoms with Crippen LogP contribution in [0.25, 0.3) is 0 Å². The molecule has 0 aliphatic rings. The van der Waals surface area contributed by atoms with Crippen molar-refractivity contribution in [2.75, 3.05) is 16.0 Å². The van der Waals surface area contributed by atoms with E-state index in [0.29, 0.717) is 28.5 Å². The van der Waals surface area contributed by atoms with Crippen molar-refractivity contribution in [2.45, 2.75) is 33.1 Å². The summed E-state index contributed by atoms with van der Waals surface area (Å²) in [6.07, 6.45) is 1.53. The second-order valence-corrected chi connectivity index (χ2v) is 7.63. The maximum atomic E-state index is 12.2. The van der Waals surface area contributed by atoms with E-state index in [1.807, 2.05) is 27.7 Å². The molecule has 0 radical (unpaired) electrons. The maximum Gasteiger partial charge on any atom is 0.324 e. The van der Waals surface area contributed by atoms with Gasteiger partial charge in [0.2, 0.25) is 0 Å². The number of amides is 3. The van der Waals surface area contributed by atoms with Crippen LogP contribution in [0.2, 0.25) is 0 Å². The minimum Gasteiger partial charge on any atom is -0.359 e. The van der Waals surface area contributed by atoms with Crippen molar-refractivity contribution in [3.63, 3.8) is 0 Å². The van der Waals surface area contributed by atoms with Crippen LogP contribution in [0.5, 0.6) is 0 Å². The molecule has 150 valence electrons. The van der Waals surface area contributed by atoms with Crippen LogP contribution in [0.1, 0.15) is 42.6 Å². The third-order valence-corrected chi connectivity index (χ3v) is 4.07. The molecule has 0 spiro atoms. The average Bonchev–Trinajstić information content (AvgIpc) is 3.12. The molecule has 3 rings (SSSR count). The number of nitrogens with one attached hydrogen (secondary N) is 3. The van der Waals surface area contributed by atoms with Gasteiger partial charge in [-0.15, -0.1) is 0 Å². The molecule has 2 heterocycles. The molecule has 0 saturated heterocycles. The van der Waals surface area contributed by atoms with Crippen molar-refractivity contribution in [1.82, 2.24) is 10.1 Å². The first-order valence-electron chi connectivity index (χ1n) is 9.10. The fraction of sp³-hybridized carbons (Fsp3) is 0.238. The molecule has 1 aromatic carbocycles. The highest BCUT2D eigenvalue weighted by atomic mass is 16.5. The van der Waals surface area contributed by atoms with Crippen LogP contribution in [0.4, 0.5) is 22.0 Å². The molecule has 29 heavy (non-hydrogen) atoms. The summed E-state index contributed by atoms with van der Waals surface area (Å²) in [6.45, 7) is 7.84. The summed E-state index contributed by atoms with van der Waals surface area (Å²) in [7, 11) is 0. The van der Waals surface area contributed by atoms with Gasteiger partial charge in [0.25, 0.3) is 5.91 Å². The van der Waals surface area contributed by atoms with Gasteiger partial charge in [0.1, 0.15) is 5.76 Å². The van der Waals surface area contributed by atoms with Crippen molar-refractivity contribution >= 4 is 29.1 Å². The lowest BCUT2D eigenvalue weighted by Gasteiger charge is -2.12. The van der Waals surface area contributed by atoms with Crippen LogP contribution in [0.15, 0.2) is 53.2 Å². The van der Waals surface area contributed by atoms with Gasteiger partial charge in [-0.2, -0.15) is 0 Å². The van der Waals surface area contributed by atoms with E-state index in [-0.39, 0.29) is 11.3 Å². The highest BCUT2D eigenvalue weighted by Gasteiger charge is 2.20. The molecule has 0 aliphatic heterocycles. The van der Waals surface area contributed by atoms with Crippen LogP contribution in [-0.4, -0.2) is 22.1 Å². The number of nitrogens with zero attached hydrogens (tertiary/aromatic N) is 2. The molecule has 3 aromatic rings. The molecule has 8 nitrogen and oxygen atoms in total. The minimum atomic E-state index is -0.443. The number of aromatic nitrogens is 2. The maximum absolute atomic E-state index is 12.2. The first-order chi connectivity index (χ1) is 13.7. The van der Waals surface area contributed by atoms with E-state index in [2.05, 4.69) is 26.1 Å². The number of urea groups is 1. The smallest absolute Gasteiger partial charge is 0.324 e. The van der Waals surface area contributed by atoms with Gasteiger partial charge in [0.05, 0.1) is 5.56 Å². The first-order valence-corrected chi connectivity index (χ1v) is 9.10. The Kier molecular flexibility index (Phi) is 5.63. The van der Waals surface area contributed by atoms with Crippen LogP contribution in [-0.2, 0) is 5.41 Å². The van der Waals surface area contributed by atoms with Gasteiger partial charge < -0.3 is 15.2 Å². The Morgan fingerprint density at radius 2 is 1.59 bits per heavy atom. The zero-order chi connectivity index (χ0) is 21.0. The second-order valence-electron chi connectivity index (χ2n) is 7.63. The minimum absolute atomic E-state index is 0.196. The molecule has 0 saturated carbocycles. The SMILES string of the molecule is Cc1ccc(C(=O)Nc2ccc(NC(=O)Nc3cc(C(C)(C)C)on3)cc2)cn1.